The van der Waals surface area contributed by atoms with E-state index in [1.165, 1.54) is 6.07 Å². The highest BCUT2D eigenvalue weighted by atomic mass is 16.7. The Bertz CT molecular complexity index is 514. The van der Waals surface area contributed by atoms with Crippen LogP contribution >= 0.6 is 0 Å². The summed E-state index contributed by atoms with van der Waals surface area (Å²) in [5.41, 5.74) is 5.87. The molecule has 0 amide bonds. The summed E-state index contributed by atoms with van der Waals surface area (Å²) in [6.07, 6.45) is 0. The van der Waals surface area contributed by atoms with Gasteiger partial charge in [-0.25, -0.2) is 4.79 Å². The van der Waals surface area contributed by atoms with Gasteiger partial charge in [-0.3, -0.25) is 0 Å². The van der Waals surface area contributed by atoms with Gasteiger partial charge in [0.25, 0.3) is 0 Å². The number of rotatable bonds is 3. The minimum atomic E-state index is -1.01. The van der Waals surface area contributed by atoms with Crippen molar-refractivity contribution in [2.45, 2.75) is 44.8 Å². The molecule has 6 heteroatoms. The van der Waals surface area contributed by atoms with Crippen LogP contribution in [0.4, 0.5) is 0 Å². The van der Waals surface area contributed by atoms with Gasteiger partial charge in [0.2, 0.25) is 0 Å². The highest BCUT2D eigenvalue weighted by molar-refractivity contribution is 6.47. The summed E-state index contributed by atoms with van der Waals surface area (Å²) in [4.78, 5) is 11.3. The van der Waals surface area contributed by atoms with Crippen LogP contribution in [0.3, 0.4) is 0 Å². The number of hydrogen-bond donors (Lipinski definition) is 2. The third kappa shape index (κ3) is 2.46. The molecule has 108 valence electrons. The summed E-state index contributed by atoms with van der Waals surface area (Å²) in [6, 6.07) is 6.65. The summed E-state index contributed by atoms with van der Waals surface area (Å²) in [7, 11) is -0.666. The number of carboxylic acids is 1. The van der Waals surface area contributed by atoms with Crippen molar-refractivity contribution < 1.29 is 19.2 Å². The van der Waals surface area contributed by atoms with Crippen LogP contribution in [0, 0.1) is 0 Å². The van der Waals surface area contributed by atoms with E-state index < -0.39 is 30.2 Å². The van der Waals surface area contributed by atoms with Crippen molar-refractivity contribution in [3.8, 4) is 0 Å². The van der Waals surface area contributed by atoms with Gasteiger partial charge >= 0.3 is 13.1 Å². The molecule has 0 aliphatic carbocycles. The van der Waals surface area contributed by atoms with Crippen LogP contribution < -0.4 is 5.73 Å². The van der Waals surface area contributed by atoms with Crippen LogP contribution in [-0.2, 0) is 9.31 Å². The number of carboxylic acid groups (broad SMARTS) is 1. The Morgan fingerprint density at radius 3 is 2.20 bits per heavy atom. The average Bonchev–Trinajstić information content (AvgIpc) is 2.57. The normalized spacial score (nSPS) is 21.8. The molecule has 0 radical (unpaired) electrons. The minimum Gasteiger partial charge on any atom is -0.478 e. The molecule has 5 nitrogen and oxygen atoms in total. The molecule has 1 saturated heterocycles. The zero-order valence-corrected chi connectivity index (χ0v) is 12.2. The lowest BCUT2D eigenvalue weighted by atomic mass is 9.73. The first kappa shape index (κ1) is 15.0. The molecular formula is C14H20BNO4. The van der Waals surface area contributed by atoms with Gasteiger partial charge in [-0.05, 0) is 39.3 Å². The molecular weight excluding hydrogens is 257 g/mol. The lowest BCUT2D eigenvalue weighted by Crippen LogP contribution is -2.41. The van der Waals surface area contributed by atoms with Crippen molar-refractivity contribution in [2.24, 2.45) is 5.73 Å². The Morgan fingerprint density at radius 1 is 1.20 bits per heavy atom. The van der Waals surface area contributed by atoms with Gasteiger partial charge in [0, 0.05) is 0 Å². The van der Waals surface area contributed by atoms with E-state index in [2.05, 4.69) is 0 Å². The average molecular weight is 277 g/mol. The number of aromatic carboxylic acids is 1. The van der Waals surface area contributed by atoms with Gasteiger partial charge in [-0.1, -0.05) is 18.2 Å². The first-order valence-electron chi connectivity index (χ1n) is 6.59. The van der Waals surface area contributed by atoms with Crippen molar-refractivity contribution >= 4 is 13.1 Å². The minimum absolute atomic E-state index is 0.176. The summed E-state index contributed by atoms with van der Waals surface area (Å²) in [5.74, 6) is -1.66. The second kappa shape index (κ2) is 4.88. The summed E-state index contributed by atoms with van der Waals surface area (Å²) >= 11 is 0. The highest BCUT2D eigenvalue weighted by Gasteiger charge is 2.53. The van der Waals surface area contributed by atoms with E-state index >= 15 is 0 Å². The maximum absolute atomic E-state index is 11.3. The van der Waals surface area contributed by atoms with E-state index in [0.29, 0.717) is 5.56 Å². The van der Waals surface area contributed by atoms with E-state index in [1.807, 2.05) is 27.7 Å². The maximum atomic E-state index is 11.3. The molecule has 1 aromatic rings. The molecule has 2 rings (SSSR count). The van der Waals surface area contributed by atoms with Gasteiger partial charge in [0.15, 0.2) is 0 Å². The second-order valence-corrected chi connectivity index (χ2v) is 6.04. The zero-order chi connectivity index (χ0) is 15.1. The van der Waals surface area contributed by atoms with E-state index in [0.717, 1.165) is 0 Å². The summed E-state index contributed by atoms with van der Waals surface area (Å²) < 4.78 is 11.7. The summed E-state index contributed by atoms with van der Waals surface area (Å²) in [6.45, 7) is 7.73. The van der Waals surface area contributed by atoms with E-state index in [-0.39, 0.29) is 5.56 Å². The molecule has 1 aromatic carbocycles. The molecule has 1 fully saturated rings. The SMILES string of the molecule is CC1(C)OB([C@@H](N)c2ccccc2C(=O)O)OC1(C)C. The lowest BCUT2D eigenvalue weighted by molar-refractivity contribution is 0.00578. The van der Waals surface area contributed by atoms with E-state index in [1.54, 1.807) is 18.2 Å². The van der Waals surface area contributed by atoms with Crippen LogP contribution in [0.25, 0.3) is 0 Å². The van der Waals surface area contributed by atoms with Crippen LogP contribution in [-0.4, -0.2) is 29.4 Å². The Morgan fingerprint density at radius 2 is 1.70 bits per heavy atom. The third-order valence-electron chi connectivity index (χ3n) is 4.12. The lowest BCUT2D eigenvalue weighted by Gasteiger charge is -2.32. The summed E-state index contributed by atoms with van der Waals surface area (Å²) in [5, 5.41) is 9.23. The topological polar surface area (TPSA) is 81.8 Å². The van der Waals surface area contributed by atoms with E-state index in [9.17, 15) is 9.90 Å². The fourth-order valence-electron chi connectivity index (χ4n) is 2.16. The maximum Gasteiger partial charge on any atom is 0.480 e. The first-order chi connectivity index (χ1) is 9.16. The molecule has 1 aliphatic heterocycles. The smallest absolute Gasteiger partial charge is 0.478 e. The Balaban J connectivity index is 2.30. The monoisotopic (exact) mass is 277 g/mol. The van der Waals surface area contributed by atoms with Gasteiger partial charge in [-0.2, -0.15) is 0 Å². The number of carbonyl (C=O) groups is 1. The third-order valence-corrected chi connectivity index (χ3v) is 4.12. The Hall–Kier alpha value is -1.37. The van der Waals surface area contributed by atoms with Crippen LogP contribution in [0.5, 0.6) is 0 Å². The predicted octanol–water partition coefficient (Wildman–Crippen LogP) is 2.02. The molecule has 0 unspecified atom stereocenters. The van der Waals surface area contributed by atoms with E-state index in [4.69, 9.17) is 15.0 Å². The van der Waals surface area contributed by atoms with Crippen LogP contribution in [0.2, 0.25) is 0 Å². The predicted molar refractivity (Wildman–Crippen MR) is 76.4 cm³/mol. The molecule has 0 aromatic heterocycles. The second-order valence-electron chi connectivity index (χ2n) is 6.04. The quantitative estimate of drug-likeness (QED) is 0.826. The van der Waals surface area contributed by atoms with Gasteiger partial charge in [-0.15, -0.1) is 0 Å². The Labute approximate surface area is 119 Å². The number of hydrogen-bond acceptors (Lipinski definition) is 4. The highest BCUT2D eigenvalue weighted by Crippen LogP contribution is 2.39. The fourth-order valence-corrected chi connectivity index (χ4v) is 2.16. The van der Waals surface area contributed by atoms with Crippen molar-refractivity contribution in [3.63, 3.8) is 0 Å². The molecule has 0 bridgehead atoms. The zero-order valence-electron chi connectivity index (χ0n) is 12.2. The molecule has 1 atom stereocenters. The fraction of sp³-hybridized carbons (Fsp3) is 0.500. The van der Waals surface area contributed by atoms with Crippen molar-refractivity contribution in [3.05, 3.63) is 35.4 Å². The molecule has 1 heterocycles. The molecule has 1 aliphatic rings. The molecule has 20 heavy (non-hydrogen) atoms. The van der Waals surface area contributed by atoms with Gasteiger partial charge in [0.05, 0.1) is 22.7 Å². The number of nitrogens with two attached hydrogens (primary N) is 1. The Kier molecular flexibility index (Phi) is 3.66. The van der Waals surface area contributed by atoms with Crippen LogP contribution in [0.1, 0.15) is 49.6 Å². The van der Waals surface area contributed by atoms with Crippen molar-refractivity contribution in [2.75, 3.05) is 0 Å². The van der Waals surface area contributed by atoms with Gasteiger partial charge in [0.1, 0.15) is 0 Å². The van der Waals surface area contributed by atoms with Crippen molar-refractivity contribution in [1.29, 1.82) is 0 Å². The van der Waals surface area contributed by atoms with Gasteiger partial charge < -0.3 is 20.1 Å². The standard InChI is InChI=1S/C14H20BNO4/c1-13(2)14(3,4)20-15(19-13)11(16)9-7-5-6-8-10(9)12(17)18/h5-8,11H,16H2,1-4H3,(H,17,18)/t11-/m0/s1. The number of benzene rings is 1. The molecule has 3 N–H and O–H groups in total. The molecule has 0 saturated carbocycles. The first-order valence-corrected chi connectivity index (χ1v) is 6.59. The van der Waals surface area contributed by atoms with Crippen molar-refractivity contribution in [1.82, 2.24) is 0 Å². The van der Waals surface area contributed by atoms with Crippen LogP contribution in [0.15, 0.2) is 24.3 Å². The molecule has 0 spiro atoms. The largest absolute Gasteiger partial charge is 0.480 e.